The van der Waals surface area contributed by atoms with Gasteiger partial charge in [-0.2, -0.15) is 0 Å². The molecule has 23 heavy (non-hydrogen) atoms. The van der Waals surface area contributed by atoms with Crippen LogP contribution >= 0.6 is 11.6 Å². The maximum Gasteiger partial charge on any atom is 0.261 e. The van der Waals surface area contributed by atoms with E-state index in [1.54, 1.807) is 42.5 Å². The number of H-pyrrole nitrogens is 1. The number of benzene rings is 2. The second kappa shape index (κ2) is 6.24. The van der Waals surface area contributed by atoms with E-state index in [-0.39, 0.29) is 11.1 Å². The molecule has 2 aromatic carbocycles. The molecule has 1 aromatic heterocycles. The summed E-state index contributed by atoms with van der Waals surface area (Å²) in [6.45, 7) is -0.471. The van der Waals surface area contributed by atoms with Gasteiger partial charge >= 0.3 is 0 Å². The van der Waals surface area contributed by atoms with Gasteiger partial charge < -0.3 is 15.4 Å². The molecule has 0 aliphatic rings. The van der Waals surface area contributed by atoms with Gasteiger partial charge in [-0.1, -0.05) is 35.9 Å². The van der Waals surface area contributed by atoms with Gasteiger partial charge in [-0.05, 0) is 24.3 Å². The summed E-state index contributed by atoms with van der Waals surface area (Å²) in [4.78, 5) is 27.4. The molecule has 1 amide bonds. The minimum absolute atomic E-state index is 0.142. The van der Waals surface area contributed by atoms with Crippen molar-refractivity contribution < 1.29 is 9.90 Å². The molecule has 6 heteroatoms. The number of amides is 1. The summed E-state index contributed by atoms with van der Waals surface area (Å²) in [5.74, 6) is -0.594. The van der Waals surface area contributed by atoms with Crippen molar-refractivity contribution in [2.75, 3.05) is 5.32 Å². The van der Waals surface area contributed by atoms with Crippen LogP contribution in [-0.2, 0) is 6.61 Å². The molecule has 0 fully saturated rings. The molecule has 0 bridgehead atoms. The smallest absolute Gasteiger partial charge is 0.261 e. The van der Waals surface area contributed by atoms with Crippen molar-refractivity contribution in [3.8, 4) is 0 Å². The molecule has 0 spiro atoms. The summed E-state index contributed by atoms with van der Waals surface area (Å²) >= 11 is 6.17. The lowest BCUT2D eigenvalue weighted by atomic mass is 10.0. The van der Waals surface area contributed by atoms with Gasteiger partial charge in [-0.15, -0.1) is 0 Å². The monoisotopic (exact) mass is 328 g/mol. The van der Waals surface area contributed by atoms with E-state index in [9.17, 15) is 14.7 Å². The molecule has 3 N–H and O–H groups in total. The van der Waals surface area contributed by atoms with Crippen LogP contribution in [-0.4, -0.2) is 16.0 Å². The number of aromatic amines is 1. The molecule has 3 aromatic rings. The second-order valence-electron chi connectivity index (χ2n) is 4.95. The molecule has 1 heterocycles. The number of anilines is 1. The molecule has 3 rings (SSSR count). The van der Waals surface area contributed by atoms with E-state index in [4.69, 9.17) is 11.6 Å². The first kappa shape index (κ1) is 15.3. The number of fused-ring (bicyclic) bond motifs is 1. The average molecular weight is 329 g/mol. The van der Waals surface area contributed by atoms with Crippen molar-refractivity contribution in [1.29, 1.82) is 0 Å². The molecule has 5 nitrogen and oxygen atoms in total. The molecule has 0 aliphatic carbocycles. The topological polar surface area (TPSA) is 82.2 Å². The van der Waals surface area contributed by atoms with E-state index in [0.29, 0.717) is 21.6 Å². The van der Waals surface area contributed by atoms with Crippen molar-refractivity contribution in [1.82, 2.24) is 4.98 Å². The van der Waals surface area contributed by atoms with Gasteiger partial charge in [0.05, 0.1) is 17.1 Å². The molecular formula is C17H13ClN2O3. The number of nitrogens with one attached hydrogen (secondary N) is 2. The fraction of sp³-hybridized carbons (Fsp3) is 0.0588. The summed E-state index contributed by atoms with van der Waals surface area (Å²) < 4.78 is 0. The summed E-state index contributed by atoms with van der Waals surface area (Å²) in [7, 11) is 0. The number of hydrogen-bond acceptors (Lipinski definition) is 3. The van der Waals surface area contributed by atoms with E-state index in [2.05, 4.69) is 10.3 Å². The molecule has 0 radical (unpaired) electrons. The number of pyridine rings is 1. The van der Waals surface area contributed by atoms with Gasteiger partial charge in [-0.3, -0.25) is 9.59 Å². The maximum atomic E-state index is 12.5. The van der Waals surface area contributed by atoms with E-state index in [1.165, 1.54) is 0 Å². The van der Waals surface area contributed by atoms with Crippen molar-refractivity contribution in [3.05, 3.63) is 75.0 Å². The lowest BCUT2D eigenvalue weighted by Crippen LogP contribution is -2.26. The zero-order chi connectivity index (χ0) is 16.4. The zero-order valence-corrected chi connectivity index (χ0v) is 12.7. The number of para-hydroxylation sites is 1. The predicted molar refractivity (Wildman–Crippen MR) is 89.9 cm³/mol. The number of hydrogen-bond donors (Lipinski definition) is 3. The van der Waals surface area contributed by atoms with Gasteiger partial charge in [-0.25, -0.2) is 0 Å². The van der Waals surface area contributed by atoms with Crippen LogP contribution in [0.15, 0.2) is 53.3 Å². The molecule has 116 valence electrons. The number of carbonyl (C=O) groups is 1. The van der Waals surface area contributed by atoms with Gasteiger partial charge in [0.2, 0.25) is 0 Å². The Hall–Kier alpha value is -2.63. The van der Waals surface area contributed by atoms with Crippen LogP contribution in [0.5, 0.6) is 0 Å². The van der Waals surface area contributed by atoms with Gasteiger partial charge in [0.15, 0.2) is 0 Å². The number of aliphatic hydroxyl groups excluding tert-OH is 1. The van der Waals surface area contributed by atoms with Gasteiger partial charge in [0.1, 0.15) is 5.56 Å². The van der Waals surface area contributed by atoms with Crippen LogP contribution in [0.2, 0.25) is 5.02 Å². The minimum atomic E-state index is -0.594. The maximum absolute atomic E-state index is 12.5. The quantitative estimate of drug-likeness (QED) is 0.691. The van der Waals surface area contributed by atoms with Gasteiger partial charge in [0.25, 0.3) is 11.5 Å². The van der Waals surface area contributed by atoms with Crippen molar-refractivity contribution >= 4 is 34.1 Å². The van der Waals surface area contributed by atoms with Crippen molar-refractivity contribution in [2.24, 2.45) is 0 Å². The lowest BCUT2D eigenvalue weighted by Gasteiger charge is -2.12. The molecular weight excluding hydrogens is 316 g/mol. The third-order valence-electron chi connectivity index (χ3n) is 3.51. The highest BCUT2D eigenvalue weighted by atomic mass is 35.5. The third-order valence-corrected chi connectivity index (χ3v) is 3.82. The standard InChI is InChI=1S/C17H13ClN2O3/c18-12-7-4-8-13-14(12)11(9-21)15(17(23)20-13)16(22)19-10-5-2-1-3-6-10/h1-8,21H,9H2,(H,19,22)(H,20,23). The Morgan fingerprint density at radius 1 is 1.13 bits per heavy atom. The Morgan fingerprint density at radius 3 is 2.57 bits per heavy atom. The number of halogens is 1. The SMILES string of the molecule is O=C(Nc1ccccc1)c1c(CO)c2c(Cl)cccc2[nH]c1=O. The average Bonchev–Trinajstić information content (AvgIpc) is 2.54. The highest BCUT2D eigenvalue weighted by Gasteiger charge is 2.20. The summed E-state index contributed by atoms with van der Waals surface area (Å²) in [6, 6.07) is 13.8. The Bertz CT molecular complexity index is 936. The largest absolute Gasteiger partial charge is 0.392 e. The summed E-state index contributed by atoms with van der Waals surface area (Å²) in [6.07, 6.45) is 0. The summed E-state index contributed by atoms with van der Waals surface area (Å²) in [5, 5.41) is 13.2. The molecule has 0 aliphatic heterocycles. The van der Waals surface area contributed by atoms with Crippen molar-refractivity contribution in [3.63, 3.8) is 0 Å². The fourth-order valence-electron chi connectivity index (χ4n) is 2.50. The number of carbonyl (C=O) groups excluding carboxylic acids is 1. The highest BCUT2D eigenvalue weighted by Crippen LogP contribution is 2.26. The zero-order valence-electron chi connectivity index (χ0n) is 12.0. The Morgan fingerprint density at radius 2 is 1.87 bits per heavy atom. The molecule has 0 saturated carbocycles. The second-order valence-corrected chi connectivity index (χ2v) is 5.36. The van der Waals surface area contributed by atoms with Crippen LogP contribution in [0, 0.1) is 0 Å². The molecule has 0 saturated heterocycles. The van der Waals surface area contributed by atoms with E-state index < -0.39 is 18.1 Å². The Labute approximate surface area is 136 Å². The summed E-state index contributed by atoms with van der Waals surface area (Å²) in [5.41, 5.74) is 0.528. The molecule has 0 atom stereocenters. The van der Waals surface area contributed by atoms with Crippen LogP contribution in [0.25, 0.3) is 10.9 Å². The first-order valence-electron chi connectivity index (χ1n) is 6.92. The normalized spacial score (nSPS) is 10.7. The predicted octanol–water partition coefficient (Wildman–Crippen LogP) is 2.93. The van der Waals surface area contributed by atoms with Crippen LogP contribution in [0.4, 0.5) is 5.69 Å². The lowest BCUT2D eigenvalue weighted by molar-refractivity contribution is 0.102. The van der Waals surface area contributed by atoms with Crippen molar-refractivity contribution in [2.45, 2.75) is 6.61 Å². The fourth-order valence-corrected chi connectivity index (χ4v) is 2.78. The minimum Gasteiger partial charge on any atom is -0.392 e. The van der Waals surface area contributed by atoms with Crippen LogP contribution in [0.3, 0.4) is 0 Å². The van der Waals surface area contributed by atoms with Crippen LogP contribution < -0.4 is 10.9 Å². The number of rotatable bonds is 3. The Kier molecular flexibility index (Phi) is 4.14. The Balaban J connectivity index is 2.17. The first-order valence-corrected chi connectivity index (χ1v) is 7.30. The molecule has 0 unspecified atom stereocenters. The van der Waals surface area contributed by atoms with Crippen LogP contribution in [0.1, 0.15) is 15.9 Å². The number of aromatic nitrogens is 1. The number of aliphatic hydroxyl groups is 1. The highest BCUT2D eigenvalue weighted by molar-refractivity contribution is 6.35. The van der Waals surface area contributed by atoms with Gasteiger partial charge in [0, 0.05) is 16.6 Å². The van der Waals surface area contributed by atoms with E-state index >= 15 is 0 Å². The van der Waals surface area contributed by atoms with E-state index in [1.807, 2.05) is 6.07 Å². The first-order chi connectivity index (χ1) is 11.1. The third kappa shape index (κ3) is 2.84. The van der Waals surface area contributed by atoms with E-state index in [0.717, 1.165) is 0 Å².